The molecule has 0 saturated carbocycles. The van der Waals surface area contributed by atoms with Crippen molar-refractivity contribution in [2.24, 2.45) is 0 Å². The number of benzene rings is 2. The monoisotopic (exact) mass is 236 g/mol. The first-order chi connectivity index (χ1) is 8.11. The van der Waals surface area contributed by atoms with Crippen LogP contribution >= 0.6 is 0 Å². The van der Waals surface area contributed by atoms with E-state index in [1.807, 2.05) is 0 Å². The van der Waals surface area contributed by atoms with Gasteiger partial charge in [0.15, 0.2) is 6.29 Å². The maximum absolute atomic E-state index is 13.3. The molecule has 0 aliphatic carbocycles. The predicted molar refractivity (Wildman–Crippen MR) is 57.1 cm³/mol. The van der Waals surface area contributed by atoms with Crippen LogP contribution in [0.1, 0.15) is 10.4 Å². The van der Waals surface area contributed by atoms with Gasteiger partial charge >= 0.3 is 0 Å². The molecular formula is C13H7F3O. The number of hydrogen-bond donors (Lipinski definition) is 0. The number of carbonyl (C=O) groups is 1. The third kappa shape index (κ3) is 2.20. The smallest absolute Gasteiger partial charge is 0.155 e. The van der Waals surface area contributed by atoms with E-state index in [0.717, 1.165) is 18.2 Å². The van der Waals surface area contributed by atoms with Crippen LogP contribution in [0.4, 0.5) is 13.2 Å². The van der Waals surface area contributed by atoms with E-state index in [1.54, 1.807) is 0 Å². The second-order valence-electron chi connectivity index (χ2n) is 3.48. The van der Waals surface area contributed by atoms with E-state index in [1.165, 1.54) is 18.2 Å². The molecule has 17 heavy (non-hydrogen) atoms. The standard InChI is InChI=1S/C13H7F3O/c14-10-3-1-2-8(4-10)9-5-12(15)11(7-17)13(16)6-9/h1-7H. The molecule has 0 fully saturated rings. The molecule has 0 radical (unpaired) electrons. The average Bonchev–Trinajstić information content (AvgIpc) is 2.28. The van der Waals surface area contributed by atoms with Crippen LogP contribution < -0.4 is 0 Å². The van der Waals surface area contributed by atoms with Crippen molar-refractivity contribution in [3.8, 4) is 11.1 Å². The van der Waals surface area contributed by atoms with Crippen molar-refractivity contribution in [1.82, 2.24) is 0 Å². The highest BCUT2D eigenvalue weighted by Gasteiger charge is 2.11. The van der Waals surface area contributed by atoms with Crippen LogP contribution in [0.25, 0.3) is 11.1 Å². The Bertz CT molecular complexity index is 556. The Morgan fingerprint density at radius 2 is 1.53 bits per heavy atom. The minimum Gasteiger partial charge on any atom is -0.298 e. The van der Waals surface area contributed by atoms with Gasteiger partial charge in [0.1, 0.15) is 17.5 Å². The number of carbonyl (C=O) groups excluding carboxylic acids is 1. The van der Waals surface area contributed by atoms with Gasteiger partial charge in [0, 0.05) is 0 Å². The molecule has 0 N–H and O–H groups in total. The van der Waals surface area contributed by atoms with Crippen molar-refractivity contribution in [2.45, 2.75) is 0 Å². The topological polar surface area (TPSA) is 17.1 Å². The molecule has 0 unspecified atom stereocenters. The second-order valence-corrected chi connectivity index (χ2v) is 3.48. The Balaban J connectivity index is 2.58. The van der Waals surface area contributed by atoms with E-state index in [0.29, 0.717) is 5.56 Å². The van der Waals surface area contributed by atoms with Gasteiger partial charge in [-0.1, -0.05) is 12.1 Å². The van der Waals surface area contributed by atoms with Gasteiger partial charge in [-0.05, 0) is 35.4 Å². The molecular weight excluding hydrogens is 229 g/mol. The number of hydrogen-bond acceptors (Lipinski definition) is 1. The molecule has 0 aromatic heterocycles. The lowest BCUT2D eigenvalue weighted by Crippen LogP contribution is -1.94. The first-order valence-corrected chi connectivity index (χ1v) is 4.82. The number of rotatable bonds is 2. The summed E-state index contributed by atoms with van der Waals surface area (Å²) in [6.45, 7) is 0. The molecule has 0 heterocycles. The van der Waals surface area contributed by atoms with Gasteiger partial charge in [0.05, 0.1) is 5.56 Å². The predicted octanol–water partition coefficient (Wildman–Crippen LogP) is 3.58. The lowest BCUT2D eigenvalue weighted by atomic mass is 10.0. The average molecular weight is 236 g/mol. The lowest BCUT2D eigenvalue weighted by molar-refractivity contribution is 0.111. The Labute approximate surface area is 95.5 Å². The van der Waals surface area contributed by atoms with Crippen molar-refractivity contribution in [2.75, 3.05) is 0 Å². The Kier molecular flexibility index (Phi) is 2.95. The first-order valence-electron chi connectivity index (χ1n) is 4.82. The van der Waals surface area contributed by atoms with Crippen LogP contribution in [0.2, 0.25) is 0 Å². The van der Waals surface area contributed by atoms with Gasteiger partial charge < -0.3 is 0 Å². The van der Waals surface area contributed by atoms with E-state index in [-0.39, 0.29) is 11.8 Å². The fourth-order valence-electron chi connectivity index (χ4n) is 1.53. The van der Waals surface area contributed by atoms with Crippen LogP contribution in [0.5, 0.6) is 0 Å². The molecule has 86 valence electrons. The van der Waals surface area contributed by atoms with Crippen LogP contribution in [0.3, 0.4) is 0 Å². The van der Waals surface area contributed by atoms with Gasteiger partial charge in [-0.2, -0.15) is 0 Å². The molecule has 0 atom stereocenters. The van der Waals surface area contributed by atoms with Crippen LogP contribution in [-0.4, -0.2) is 6.29 Å². The zero-order chi connectivity index (χ0) is 12.4. The van der Waals surface area contributed by atoms with Crippen molar-refractivity contribution in [3.63, 3.8) is 0 Å². The van der Waals surface area contributed by atoms with Gasteiger partial charge in [0.2, 0.25) is 0 Å². The second kappa shape index (κ2) is 4.41. The number of aldehydes is 1. The van der Waals surface area contributed by atoms with Crippen molar-refractivity contribution < 1.29 is 18.0 Å². The van der Waals surface area contributed by atoms with E-state index in [9.17, 15) is 18.0 Å². The zero-order valence-electron chi connectivity index (χ0n) is 8.58. The molecule has 0 amide bonds. The van der Waals surface area contributed by atoms with E-state index in [2.05, 4.69) is 0 Å². The third-order valence-electron chi connectivity index (χ3n) is 2.35. The summed E-state index contributed by atoms with van der Waals surface area (Å²) >= 11 is 0. The van der Waals surface area contributed by atoms with Gasteiger partial charge in [-0.3, -0.25) is 4.79 Å². The summed E-state index contributed by atoms with van der Waals surface area (Å²) in [5, 5.41) is 0. The van der Waals surface area contributed by atoms with E-state index >= 15 is 0 Å². The number of halogens is 3. The maximum Gasteiger partial charge on any atom is 0.155 e. The van der Waals surface area contributed by atoms with E-state index < -0.39 is 23.0 Å². The minimum atomic E-state index is -0.959. The fraction of sp³-hybridized carbons (Fsp3) is 0. The summed E-state index contributed by atoms with van der Waals surface area (Å²) in [6, 6.07) is 7.36. The highest BCUT2D eigenvalue weighted by Crippen LogP contribution is 2.24. The van der Waals surface area contributed by atoms with Crippen molar-refractivity contribution in [3.05, 3.63) is 59.4 Å². The molecule has 0 bridgehead atoms. The van der Waals surface area contributed by atoms with Crippen molar-refractivity contribution in [1.29, 1.82) is 0 Å². The maximum atomic E-state index is 13.3. The lowest BCUT2D eigenvalue weighted by Gasteiger charge is -2.04. The minimum absolute atomic E-state index is 0.111. The molecule has 2 aromatic carbocycles. The summed E-state index contributed by atoms with van der Waals surface area (Å²) in [5.41, 5.74) is -0.0875. The highest BCUT2D eigenvalue weighted by molar-refractivity contribution is 5.78. The molecule has 0 aliphatic rings. The normalized spacial score (nSPS) is 10.3. The summed E-state index contributed by atoms with van der Waals surface area (Å²) < 4.78 is 39.6. The van der Waals surface area contributed by atoms with Crippen molar-refractivity contribution >= 4 is 6.29 Å². The summed E-state index contributed by atoms with van der Waals surface area (Å²) in [4.78, 5) is 10.4. The summed E-state index contributed by atoms with van der Waals surface area (Å²) in [7, 11) is 0. The SMILES string of the molecule is O=Cc1c(F)cc(-c2cccc(F)c2)cc1F. The molecule has 4 heteroatoms. The molecule has 2 aromatic rings. The Hall–Kier alpha value is -2.10. The molecule has 0 spiro atoms. The van der Waals surface area contributed by atoms with Crippen LogP contribution in [-0.2, 0) is 0 Å². The van der Waals surface area contributed by atoms with Crippen LogP contribution in [0.15, 0.2) is 36.4 Å². The third-order valence-corrected chi connectivity index (χ3v) is 2.35. The molecule has 1 nitrogen and oxygen atoms in total. The quantitative estimate of drug-likeness (QED) is 0.728. The summed E-state index contributed by atoms with van der Waals surface area (Å²) in [5.74, 6) is -2.42. The van der Waals surface area contributed by atoms with E-state index in [4.69, 9.17) is 0 Å². The molecule has 0 aliphatic heterocycles. The van der Waals surface area contributed by atoms with Crippen LogP contribution in [0, 0.1) is 17.5 Å². The van der Waals surface area contributed by atoms with Gasteiger partial charge in [0.25, 0.3) is 0 Å². The molecule has 2 rings (SSSR count). The Morgan fingerprint density at radius 1 is 0.882 bits per heavy atom. The Morgan fingerprint density at radius 3 is 2.06 bits per heavy atom. The van der Waals surface area contributed by atoms with Gasteiger partial charge in [-0.25, -0.2) is 13.2 Å². The zero-order valence-corrected chi connectivity index (χ0v) is 8.58. The summed E-state index contributed by atoms with van der Waals surface area (Å²) in [6.07, 6.45) is 0.111. The fourth-order valence-corrected chi connectivity index (χ4v) is 1.53. The molecule has 0 saturated heterocycles. The largest absolute Gasteiger partial charge is 0.298 e. The first kappa shape index (κ1) is 11.4. The highest BCUT2D eigenvalue weighted by atomic mass is 19.1. The van der Waals surface area contributed by atoms with Gasteiger partial charge in [-0.15, -0.1) is 0 Å².